The Morgan fingerprint density at radius 2 is 1.73 bits per heavy atom. The summed E-state index contributed by atoms with van der Waals surface area (Å²) in [6.45, 7) is 2.53. The third-order valence-corrected chi connectivity index (χ3v) is 4.54. The molecule has 0 radical (unpaired) electrons. The number of fused-ring (bicyclic) bond motifs is 1. The number of amides is 2. The number of rotatable bonds is 5. The minimum absolute atomic E-state index is 0.0874. The largest absolute Gasteiger partial charge is 0.336 e. The van der Waals surface area contributed by atoms with Gasteiger partial charge < -0.3 is 15.5 Å². The molecule has 0 aliphatic heterocycles. The lowest BCUT2D eigenvalue weighted by Crippen LogP contribution is -2.37. The highest BCUT2D eigenvalue weighted by molar-refractivity contribution is 5.89. The highest BCUT2D eigenvalue weighted by Gasteiger charge is 2.17. The van der Waals surface area contributed by atoms with Crippen molar-refractivity contribution in [1.82, 2.24) is 10.2 Å². The summed E-state index contributed by atoms with van der Waals surface area (Å²) in [4.78, 5) is 14.4. The lowest BCUT2D eigenvalue weighted by molar-refractivity contribution is 0.243. The van der Waals surface area contributed by atoms with Gasteiger partial charge in [0.15, 0.2) is 0 Å². The summed E-state index contributed by atoms with van der Waals surface area (Å²) in [5.74, 6) is 0. The summed E-state index contributed by atoms with van der Waals surface area (Å²) in [6.07, 6.45) is 0. The first-order valence-corrected chi connectivity index (χ1v) is 8.80. The number of carbonyl (C=O) groups excluding carboxylic acids is 1. The minimum Gasteiger partial charge on any atom is -0.336 e. The van der Waals surface area contributed by atoms with E-state index in [0.717, 1.165) is 11.3 Å². The summed E-state index contributed by atoms with van der Waals surface area (Å²) >= 11 is 0. The molecule has 0 spiro atoms. The van der Waals surface area contributed by atoms with Gasteiger partial charge in [-0.3, -0.25) is 0 Å². The van der Waals surface area contributed by atoms with Crippen LogP contribution in [-0.2, 0) is 0 Å². The average Bonchev–Trinajstić information content (AvgIpc) is 2.62. The zero-order chi connectivity index (χ0) is 18.5. The average molecular weight is 347 g/mol. The molecule has 1 unspecified atom stereocenters. The quantitative estimate of drug-likeness (QED) is 0.710. The third-order valence-electron chi connectivity index (χ3n) is 4.54. The molecule has 0 aliphatic carbocycles. The van der Waals surface area contributed by atoms with Crippen LogP contribution < -0.4 is 10.6 Å². The second-order valence-corrected chi connectivity index (χ2v) is 6.75. The number of carbonyl (C=O) groups is 1. The topological polar surface area (TPSA) is 44.4 Å². The monoisotopic (exact) mass is 347 g/mol. The molecule has 0 heterocycles. The van der Waals surface area contributed by atoms with Crippen LogP contribution in [0.15, 0.2) is 66.7 Å². The van der Waals surface area contributed by atoms with Crippen molar-refractivity contribution >= 4 is 22.5 Å². The van der Waals surface area contributed by atoms with Crippen molar-refractivity contribution in [1.29, 1.82) is 0 Å². The van der Waals surface area contributed by atoms with Crippen LogP contribution in [0.25, 0.3) is 10.8 Å². The van der Waals surface area contributed by atoms with Gasteiger partial charge in [-0.05, 0) is 55.1 Å². The second kappa shape index (κ2) is 8.02. The zero-order valence-electron chi connectivity index (χ0n) is 15.5. The highest BCUT2D eigenvalue weighted by atomic mass is 16.2. The number of benzene rings is 3. The van der Waals surface area contributed by atoms with Gasteiger partial charge in [-0.15, -0.1) is 0 Å². The number of urea groups is 1. The summed E-state index contributed by atoms with van der Waals surface area (Å²) in [5.41, 5.74) is 3.13. The predicted molar refractivity (Wildman–Crippen MR) is 109 cm³/mol. The van der Waals surface area contributed by atoms with Gasteiger partial charge in [0.05, 0.1) is 6.04 Å². The summed E-state index contributed by atoms with van der Waals surface area (Å²) in [5, 5.41) is 8.33. The first-order chi connectivity index (χ1) is 12.5. The van der Waals surface area contributed by atoms with E-state index < -0.39 is 0 Å². The number of anilines is 1. The van der Waals surface area contributed by atoms with E-state index in [0.29, 0.717) is 6.54 Å². The predicted octanol–water partition coefficient (Wildman–Crippen LogP) is 4.57. The molecule has 4 heteroatoms. The lowest BCUT2D eigenvalue weighted by Gasteiger charge is -2.26. The van der Waals surface area contributed by atoms with E-state index in [1.165, 1.54) is 16.3 Å². The van der Waals surface area contributed by atoms with Gasteiger partial charge in [0, 0.05) is 12.2 Å². The van der Waals surface area contributed by atoms with E-state index in [2.05, 4.69) is 51.9 Å². The smallest absolute Gasteiger partial charge is 0.319 e. The molecule has 0 aromatic heterocycles. The van der Waals surface area contributed by atoms with Crippen LogP contribution in [0.5, 0.6) is 0 Å². The Morgan fingerprint density at radius 1 is 1.00 bits per heavy atom. The van der Waals surface area contributed by atoms with Crippen molar-refractivity contribution in [2.75, 3.05) is 26.0 Å². The number of hydrogen-bond donors (Lipinski definition) is 2. The van der Waals surface area contributed by atoms with E-state index in [9.17, 15) is 4.79 Å². The fraction of sp³-hybridized carbons (Fsp3) is 0.227. The van der Waals surface area contributed by atoms with Crippen molar-refractivity contribution in [3.05, 3.63) is 77.9 Å². The van der Waals surface area contributed by atoms with E-state index in [4.69, 9.17) is 0 Å². The van der Waals surface area contributed by atoms with Gasteiger partial charge in [-0.25, -0.2) is 4.79 Å². The fourth-order valence-electron chi connectivity index (χ4n) is 3.20. The number of nitrogens with zero attached hydrogens (tertiary/aromatic N) is 1. The van der Waals surface area contributed by atoms with Crippen molar-refractivity contribution in [2.45, 2.75) is 13.0 Å². The first-order valence-electron chi connectivity index (χ1n) is 8.80. The molecule has 0 fully saturated rings. The van der Waals surface area contributed by atoms with Gasteiger partial charge in [-0.1, -0.05) is 54.6 Å². The number of likely N-dealkylation sites (N-methyl/N-ethyl adjacent to an activating group) is 1. The van der Waals surface area contributed by atoms with Gasteiger partial charge >= 0.3 is 6.03 Å². The maximum atomic E-state index is 12.3. The maximum Gasteiger partial charge on any atom is 0.319 e. The van der Waals surface area contributed by atoms with E-state index in [1.54, 1.807) is 0 Å². The number of aryl methyl sites for hydroxylation is 1. The molecule has 0 aliphatic rings. The third kappa shape index (κ3) is 4.21. The van der Waals surface area contributed by atoms with E-state index in [-0.39, 0.29) is 12.1 Å². The molecule has 0 saturated heterocycles. The van der Waals surface area contributed by atoms with Crippen LogP contribution in [0.2, 0.25) is 0 Å². The summed E-state index contributed by atoms with van der Waals surface area (Å²) < 4.78 is 0. The second-order valence-electron chi connectivity index (χ2n) is 6.75. The van der Waals surface area contributed by atoms with Crippen LogP contribution in [0.3, 0.4) is 0 Å². The van der Waals surface area contributed by atoms with Crippen molar-refractivity contribution in [3.63, 3.8) is 0 Å². The molecule has 134 valence electrons. The van der Waals surface area contributed by atoms with E-state index >= 15 is 0 Å². The highest BCUT2D eigenvalue weighted by Crippen LogP contribution is 2.26. The molecular weight excluding hydrogens is 322 g/mol. The lowest BCUT2D eigenvalue weighted by atomic mass is 9.98. The van der Waals surface area contributed by atoms with Gasteiger partial charge in [-0.2, -0.15) is 0 Å². The molecule has 1 atom stereocenters. The summed E-state index contributed by atoms with van der Waals surface area (Å²) in [7, 11) is 4.07. The SMILES string of the molecule is Cc1cccc(NC(=O)NCC(c2cccc3ccccc23)N(C)C)c1. The first kappa shape index (κ1) is 18.0. The Bertz CT molecular complexity index is 899. The maximum absolute atomic E-state index is 12.3. The Kier molecular flexibility index (Phi) is 5.54. The molecule has 3 aromatic carbocycles. The normalized spacial score (nSPS) is 12.2. The Morgan fingerprint density at radius 3 is 2.50 bits per heavy atom. The van der Waals surface area contributed by atoms with Crippen molar-refractivity contribution in [3.8, 4) is 0 Å². The number of hydrogen-bond acceptors (Lipinski definition) is 2. The van der Waals surface area contributed by atoms with Crippen molar-refractivity contribution < 1.29 is 4.79 Å². The van der Waals surface area contributed by atoms with Crippen LogP contribution >= 0.6 is 0 Å². The van der Waals surface area contributed by atoms with Crippen LogP contribution in [0, 0.1) is 6.92 Å². The van der Waals surface area contributed by atoms with Gasteiger partial charge in [0.1, 0.15) is 0 Å². The molecule has 2 N–H and O–H groups in total. The van der Waals surface area contributed by atoms with Gasteiger partial charge in [0.2, 0.25) is 0 Å². The molecule has 0 saturated carbocycles. The molecule has 3 rings (SSSR count). The minimum atomic E-state index is -0.192. The molecule has 4 nitrogen and oxygen atoms in total. The molecule has 2 amide bonds. The van der Waals surface area contributed by atoms with Gasteiger partial charge in [0.25, 0.3) is 0 Å². The standard InChI is InChI=1S/C22H25N3O/c1-16-8-6-11-18(14-16)24-22(26)23-15-21(25(2)3)20-13-7-10-17-9-4-5-12-19(17)20/h4-14,21H,15H2,1-3H3,(H2,23,24,26). The molecular formula is C22H25N3O. The Balaban J connectivity index is 1.74. The van der Waals surface area contributed by atoms with Crippen LogP contribution in [0.4, 0.5) is 10.5 Å². The zero-order valence-corrected chi connectivity index (χ0v) is 15.5. The Hall–Kier alpha value is -2.85. The van der Waals surface area contributed by atoms with E-state index in [1.807, 2.05) is 51.4 Å². The van der Waals surface area contributed by atoms with Crippen molar-refractivity contribution in [2.24, 2.45) is 0 Å². The molecule has 0 bridgehead atoms. The Labute approximate surface area is 154 Å². The van der Waals surface area contributed by atoms with Crippen LogP contribution in [0.1, 0.15) is 17.2 Å². The number of nitrogens with one attached hydrogen (secondary N) is 2. The summed E-state index contributed by atoms with van der Waals surface area (Å²) in [6, 6.07) is 22.3. The molecule has 3 aromatic rings. The fourth-order valence-corrected chi connectivity index (χ4v) is 3.20. The van der Waals surface area contributed by atoms with Crippen LogP contribution in [-0.4, -0.2) is 31.6 Å². The molecule has 26 heavy (non-hydrogen) atoms.